The third kappa shape index (κ3) is 6.22. The highest BCUT2D eigenvalue weighted by atomic mass is 32.2. The predicted molar refractivity (Wildman–Crippen MR) is 128 cm³/mol. The molecule has 0 spiro atoms. The summed E-state index contributed by atoms with van der Waals surface area (Å²) in [6.45, 7) is 3.95. The number of benzene rings is 1. The Morgan fingerprint density at radius 3 is 2.24 bits per heavy atom. The SMILES string of the molecule is Cc1cc(S(C)(=O)=O)nc(C)c1Oc1nnc(C(F)(F)F)c(C)c1C(=O)Nc1cccc(S(C)(=N)=O)c1. The fraction of sp³-hybridized carbons (Fsp3) is 0.273. The number of carbonyl (C=O) groups excluding carboxylic acids is 1. The third-order valence-corrected chi connectivity index (χ3v) is 7.23. The van der Waals surface area contributed by atoms with E-state index in [2.05, 4.69) is 20.5 Å². The van der Waals surface area contributed by atoms with Crippen molar-refractivity contribution in [1.29, 1.82) is 4.78 Å². The van der Waals surface area contributed by atoms with Crippen LogP contribution in [0.1, 0.15) is 32.9 Å². The first-order valence-corrected chi connectivity index (χ1v) is 14.2. The van der Waals surface area contributed by atoms with E-state index in [-0.39, 0.29) is 32.6 Å². The molecule has 2 heterocycles. The number of hydrogen-bond acceptors (Lipinski definition) is 9. The molecule has 3 rings (SSSR count). The highest BCUT2D eigenvalue weighted by Gasteiger charge is 2.38. The zero-order valence-electron chi connectivity index (χ0n) is 20.2. The number of halogens is 3. The number of amides is 1. The Morgan fingerprint density at radius 1 is 1.05 bits per heavy atom. The van der Waals surface area contributed by atoms with Crippen LogP contribution in [-0.2, 0) is 25.7 Å². The number of nitrogens with zero attached hydrogens (tertiary/aromatic N) is 3. The molecular weight excluding hydrogens is 535 g/mol. The van der Waals surface area contributed by atoms with Crippen molar-refractivity contribution < 1.29 is 35.3 Å². The van der Waals surface area contributed by atoms with E-state index in [1.807, 2.05) is 0 Å². The first-order valence-electron chi connectivity index (χ1n) is 10.4. The van der Waals surface area contributed by atoms with E-state index >= 15 is 0 Å². The minimum atomic E-state index is -4.92. The van der Waals surface area contributed by atoms with Crippen LogP contribution in [0.4, 0.5) is 18.9 Å². The van der Waals surface area contributed by atoms with E-state index in [4.69, 9.17) is 9.52 Å². The lowest BCUT2D eigenvalue weighted by Gasteiger charge is -2.17. The van der Waals surface area contributed by atoms with Gasteiger partial charge in [0.25, 0.3) is 11.8 Å². The van der Waals surface area contributed by atoms with Crippen LogP contribution in [0.2, 0.25) is 0 Å². The van der Waals surface area contributed by atoms with Crippen molar-refractivity contribution in [3.63, 3.8) is 0 Å². The van der Waals surface area contributed by atoms with Crippen molar-refractivity contribution in [2.45, 2.75) is 36.9 Å². The van der Waals surface area contributed by atoms with Crippen LogP contribution in [0.3, 0.4) is 0 Å². The standard InChI is InChI=1S/C22H22F3N5O5S2/c1-11-9-16(37(5,33)34)27-13(3)18(11)35-21-17(12(2)19(29-30-21)22(23,24)25)20(31)28-14-7-6-8-15(10-14)36(4,26)32/h6-10,26H,1-5H3,(H,28,31). The van der Waals surface area contributed by atoms with E-state index in [9.17, 15) is 30.6 Å². The molecule has 0 bridgehead atoms. The summed E-state index contributed by atoms with van der Waals surface area (Å²) < 4.78 is 89.9. The number of sulfone groups is 1. The second kappa shape index (κ2) is 9.70. The third-order valence-electron chi connectivity index (χ3n) is 5.11. The Balaban J connectivity index is 2.13. The van der Waals surface area contributed by atoms with Crippen molar-refractivity contribution in [3.8, 4) is 11.6 Å². The van der Waals surface area contributed by atoms with Crippen LogP contribution in [0, 0.1) is 25.6 Å². The van der Waals surface area contributed by atoms with Crippen LogP contribution in [0.25, 0.3) is 0 Å². The molecule has 0 fully saturated rings. The summed E-state index contributed by atoms with van der Waals surface area (Å²) in [4.78, 5) is 17.3. The number of pyridine rings is 1. The molecule has 1 aromatic carbocycles. The normalized spacial score (nSPS) is 13.6. The van der Waals surface area contributed by atoms with Crippen molar-refractivity contribution in [1.82, 2.24) is 15.2 Å². The van der Waals surface area contributed by atoms with Crippen LogP contribution >= 0.6 is 0 Å². The number of alkyl halides is 3. The van der Waals surface area contributed by atoms with E-state index < -0.39 is 54.4 Å². The maximum absolute atomic E-state index is 13.6. The first-order chi connectivity index (χ1) is 16.9. The lowest BCUT2D eigenvalue weighted by molar-refractivity contribution is -0.142. The van der Waals surface area contributed by atoms with Crippen molar-refractivity contribution in [2.24, 2.45) is 0 Å². The molecular formula is C22H22F3N5O5S2. The smallest absolute Gasteiger partial charge is 0.435 e. The van der Waals surface area contributed by atoms with Gasteiger partial charge in [0.2, 0.25) is 0 Å². The average Bonchev–Trinajstić information content (AvgIpc) is 2.74. The summed E-state index contributed by atoms with van der Waals surface area (Å²) in [5.41, 5.74) is -2.11. The van der Waals surface area contributed by atoms with Gasteiger partial charge >= 0.3 is 6.18 Å². The molecule has 1 amide bonds. The minimum Gasteiger partial charge on any atom is -0.435 e. The quantitative estimate of drug-likeness (QED) is 0.455. The summed E-state index contributed by atoms with van der Waals surface area (Å²) in [6.07, 6.45) is -2.78. The van der Waals surface area contributed by atoms with Gasteiger partial charge in [0.05, 0.1) is 15.4 Å². The molecule has 1 unspecified atom stereocenters. The molecule has 10 nitrogen and oxygen atoms in total. The molecule has 2 aromatic heterocycles. The highest BCUT2D eigenvalue weighted by Crippen LogP contribution is 2.36. The fourth-order valence-electron chi connectivity index (χ4n) is 3.34. The van der Waals surface area contributed by atoms with Crippen molar-refractivity contribution >= 4 is 31.2 Å². The number of anilines is 1. The van der Waals surface area contributed by atoms with Gasteiger partial charge in [-0.15, -0.1) is 10.2 Å². The maximum atomic E-state index is 13.6. The van der Waals surface area contributed by atoms with Gasteiger partial charge < -0.3 is 10.1 Å². The van der Waals surface area contributed by atoms with Crippen molar-refractivity contribution in [3.05, 3.63) is 58.4 Å². The molecule has 0 saturated heterocycles. The lowest BCUT2D eigenvalue weighted by Crippen LogP contribution is -2.21. The zero-order valence-corrected chi connectivity index (χ0v) is 21.9. The van der Waals surface area contributed by atoms with Crippen LogP contribution in [0.5, 0.6) is 11.6 Å². The van der Waals surface area contributed by atoms with E-state index in [0.717, 1.165) is 13.2 Å². The lowest BCUT2D eigenvalue weighted by atomic mass is 10.1. The van der Waals surface area contributed by atoms with Gasteiger partial charge in [0.1, 0.15) is 5.56 Å². The van der Waals surface area contributed by atoms with E-state index in [1.165, 1.54) is 50.4 Å². The number of nitrogens with one attached hydrogen (secondary N) is 2. The molecule has 0 radical (unpaired) electrons. The van der Waals surface area contributed by atoms with Gasteiger partial charge in [0, 0.05) is 23.1 Å². The van der Waals surface area contributed by atoms with Gasteiger partial charge in [-0.2, -0.15) is 13.2 Å². The van der Waals surface area contributed by atoms with Crippen molar-refractivity contribution in [2.75, 3.05) is 17.8 Å². The Hall–Kier alpha value is -3.59. The second-order valence-electron chi connectivity index (χ2n) is 8.24. The molecule has 2 N–H and O–H groups in total. The van der Waals surface area contributed by atoms with Gasteiger partial charge in [-0.05, 0) is 56.2 Å². The minimum absolute atomic E-state index is 0.0168. The molecule has 3 aromatic rings. The highest BCUT2D eigenvalue weighted by molar-refractivity contribution is 7.91. The number of aryl methyl sites for hydroxylation is 2. The zero-order chi connectivity index (χ0) is 27.9. The number of carbonyl (C=O) groups is 1. The van der Waals surface area contributed by atoms with E-state index in [1.54, 1.807) is 0 Å². The summed E-state index contributed by atoms with van der Waals surface area (Å²) in [5.74, 6) is -1.62. The topological polar surface area (TPSA) is 152 Å². The fourth-order valence-corrected chi connectivity index (χ4v) is 4.73. The second-order valence-corrected chi connectivity index (χ2v) is 12.4. The Labute approximate surface area is 211 Å². The number of ether oxygens (including phenoxy) is 1. The largest absolute Gasteiger partial charge is 0.435 e. The molecule has 0 saturated carbocycles. The molecule has 198 valence electrons. The molecule has 37 heavy (non-hydrogen) atoms. The van der Waals surface area contributed by atoms with Crippen LogP contribution in [0.15, 0.2) is 40.3 Å². The maximum Gasteiger partial charge on any atom is 0.435 e. The van der Waals surface area contributed by atoms with E-state index in [0.29, 0.717) is 0 Å². The van der Waals surface area contributed by atoms with Gasteiger partial charge in [-0.1, -0.05) is 6.07 Å². The number of rotatable bonds is 6. The summed E-state index contributed by atoms with van der Waals surface area (Å²) in [7, 11) is -6.78. The summed E-state index contributed by atoms with van der Waals surface area (Å²) in [5, 5.41) is 8.88. The average molecular weight is 558 g/mol. The molecule has 0 aliphatic rings. The molecule has 0 aliphatic carbocycles. The van der Waals surface area contributed by atoms with Gasteiger partial charge in [-0.3, -0.25) is 4.79 Å². The predicted octanol–water partition coefficient (Wildman–Crippen LogP) is 4.30. The van der Waals surface area contributed by atoms with Gasteiger partial charge in [-0.25, -0.2) is 22.4 Å². The Morgan fingerprint density at radius 2 is 1.70 bits per heavy atom. The molecule has 15 heteroatoms. The monoisotopic (exact) mass is 557 g/mol. The van der Waals surface area contributed by atoms with Crippen LogP contribution < -0.4 is 10.1 Å². The summed E-state index contributed by atoms with van der Waals surface area (Å²) >= 11 is 0. The summed E-state index contributed by atoms with van der Waals surface area (Å²) in [6, 6.07) is 6.74. The number of aromatic nitrogens is 3. The molecule has 1 atom stereocenters. The first kappa shape index (κ1) is 28.0. The van der Waals surface area contributed by atoms with Crippen LogP contribution in [-0.4, -0.2) is 46.2 Å². The Kier molecular flexibility index (Phi) is 7.34. The Bertz CT molecular complexity index is 1600. The molecule has 0 aliphatic heterocycles. The van der Waals surface area contributed by atoms with Gasteiger partial charge in [0.15, 0.2) is 26.3 Å². The number of hydrogen-bond donors (Lipinski definition) is 2.